The molecule has 0 saturated heterocycles. The molecule has 0 amide bonds. The van der Waals surface area contributed by atoms with Crippen molar-refractivity contribution in [2.24, 2.45) is 23.2 Å². The Labute approximate surface area is 88.1 Å². The Balaban J connectivity index is 2.04. The Morgan fingerprint density at radius 2 is 1.57 bits per heavy atom. The molecule has 3 unspecified atom stereocenters. The van der Waals surface area contributed by atoms with Gasteiger partial charge in [0.2, 0.25) is 0 Å². The van der Waals surface area contributed by atoms with E-state index < -0.39 is 0 Å². The summed E-state index contributed by atoms with van der Waals surface area (Å²) in [5.41, 5.74) is 0.500. The Bertz CT molecular complexity index is 252. The van der Waals surface area contributed by atoms with Crippen molar-refractivity contribution in [3.63, 3.8) is 0 Å². The summed E-state index contributed by atoms with van der Waals surface area (Å²) in [5, 5.41) is 0. The predicted octanol–water partition coefficient (Wildman–Crippen LogP) is 4.19. The summed E-state index contributed by atoms with van der Waals surface area (Å²) in [5.74, 6) is 2.59. The lowest BCUT2D eigenvalue weighted by atomic mass is 9.65. The lowest BCUT2D eigenvalue weighted by Gasteiger charge is -2.40. The standard InChI is InChI=1S/C14H22/c1-14(2,3)13-9-8-11-6-4-5-7-12(11)10-13/h4-7,11-13H,8-10H2,1-3H3. The maximum absolute atomic E-state index is 2.42. The molecule has 0 radical (unpaired) electrons. The minimum Gasteiger partial charge on any atom is -0.0808 e. The quantitative estimate of drug-likeness (QED) is 0.537. The number of hydrogen-bond acceptors (Lipinski definition) is 0. The normalized spacial score (nSPS) is 36.9. The molecule has 1 fully saturated rings. The van der Waals surface area contributed by atoms with Crippen LogP contribution in [0.4, 0.5) is 0 Å². The van der Waals surface area contributed by atoms with E-state index in [0.717, 1.165) is 17.8 Å². The highest BCUT2D eigenvalue weighted by molar-refractivity contribution is 5.15. The van der Waals surface area contributed by atoms with Crippen LogP contribution < -0.4 is 0 Å². The minimum absolute atomic E-state index is 0.500. The van der Waals surface area contributed by atoms with Crippen molar-refractivity contribution in [3.8, 4) is 0 Å². The average Bonchev–Trinajstić information content (AvgIpc) is 2.16. The molecule has 0 aromatic heterocycles. The fourth-order valence-electron chi connectivity index (χ4n) is 2.89. The second kappa shape index (κ2) is 3.56. The highest BCUT2D eigenvalue weighted by Crippen LogP contribution is 2.44. The molecule has 78 valence electrons. The first-order valence-corrected chi connectivity index (χ1v) is 5.92. The van der Waals surface area contributed by atoms with Gasteiger partial charge in [-0.1, -0.05) is 45.1 Å². The molecule has 0 aromatic rings. The van der Waals surface area contributed by atoms with Gasteiger partial charge in [0.15, 0.2) is 0 Å². The molecule has 0 spiro atoms. The van der Waals surface area contributed by atoms with Gasteiger partial charge in [0, 0.05) is 0 Å². The van der Waals surface area contributed by atoms with Gasteiger partial charge >= 0.3 is 0 Å². The third kappa shape index (κ3) is 1.94. The zero-order chi connectivity index (χ0) is 10.2. The Morgan fingerprint density at radius 3 is 2.21 bits per heavy atom. The summed E-state index contributed by atoms with van der Waals surface area (Å²) < 4.78 is 0. The molecule has 2 aliphatic rings. The van der Waals surface area contributed by atoms with E-state index in [0.29, 0.717) is 5.41 Å². The Hall–Kier alpha value is -0.520. The topological polar surface area (TPSA) is 0 Å². The Kier molecular flexibility index (Phi) is 2.55. The van der Waals surface area contributed by atoms with Gasteiger partial charge in [-0.25, -0.2) is 0 Å². The van der Waals surface area contributed by atoms with Crippen LogP contribution in [0.3, 0.4) is 0 Å². The van der Waals surface area contributed by atoms with E-state index in [1.165, 1.54) is 19.3 Å². The second-order valence-electron chi connectivity index (χ2n) is 5.97. The summed E-state index contributed by atoms with van der Waals surface area (Å²) in [4.78, 5) is 0. The van der Waals surface area contributed by atoms with Crippen LogP contribution in [0.5, 0.6) is 0 Å². The van der Waals surface area contributed by atoms with Crippen molar-refractivity contribution < 1.29 is 0 Å². The van der Waals surface area contributed by atoms with Crippen molar-refractivity contribution in [1.29, 1.82) is 0 Å². The zero-order valence-electron chi connectivity index (χ0n) is 9.66. The minimum atomic E-state index is 0.500. The molecule has 0 N–H and O–H groups in total. The average molecular weight is 190 g/mol. The van der Waals surface area contributed by atoms with Crippen molar-refractivity contribution in [1.82, 2.24) is 0 Å². The maximum Gasteiger partial charge on any atom is -0.0164 e. The molecule has 0 aromatic carbocycles. The van der Waals surface area contributed by atoms with Gasteiger partial charge in [-0.15, -0.1) is 0 Å². The van der Waals surface area contributed by atoms with Gasteiger partial charge < -0.3 is 0 Å². The van der Waals surface area contributed by atoms with E-state index in [9.17, 15) is 0 Å². The Morgan fingerprint density at radius 1 is 0.929 bits per heavy atom. The van der Waals surface area contributed by atoms with E-state index in [2.05, 4.69) is 45.1 Å². The summed E-state index contributed by atoms with van der Waals surface area (Å²) >= 11 is 0. The zero-order valence-corrected chi connectivity index (χ0v) is 9.66. The largest absolute Gasteiger partial charge is 0.0808 e. The van der Waals surface area contributed by atoms with Gasteiger partial charge in [0.05, 0.1) is 0 Å². The summed E-state index contributed by atoms with van der Waals surface area (Å²) in [6.07, 6.45) is 13.5. The smallest absolute Gasteiger partial charge is 0.0164 e. The highest BCUT2D eigenvalue weighted by atomic mass is 14.4. The van der Waals surface area contributed by atoms with E-state index in [1.807, 2.05) is 0 Å². The van der Waals surface area contributed by atoms with Gasteiger partial charge in [-0.3, -0.25) is 0 Å². The molecule has 3 atom stereocenters. The number of hydrogen-bond donors (Lipinski definition) is 0. The number of fused-ring (bicyclic) bond motifs is 1. The predicted molar refractivity (Wildman–Crippen MR) is 62.1 cm³/mol. The molecular weight excluding hydrogens is 168 g/mol. The molecule has 0 nitrogen and oxygen atoms in total. The maximum atomic E-state index is 2.42. The first-order chi connectivity index (χ1) is 6.57. The van der Waals surface area contributed by atoms with Crippen molar-refractivity contribution >= 4 is 0 Å². The first-order valence-electron chi connectivity index (χ1n) is 5.92. The second-order valence-corrected chi connectivity index (χ2v) is 5.97. The van der Waals surface area contributed by atoms with E-state index in [4.69, 9.17) is 0 Å². The third-order valence-corrected chi connectivity index (χ3v) is 4.01. The SMILES string of the molecule is CC(C)(C)C1CCC2C=CC=CC2C1. The van der Waals surface area contributed by atoms with Crippen LogP contribution in [0.15, 0.2) is 24.3 Å². The number of rotatable bonds is 0. The summed E-state index contributed by atoms with van der Waals surface area (Å²) in [6.45, 7) is 7.17. The lowest BCUT2D eigenvalue weighted by Crippen LogP contribution is -2.30. The summed E-state index contributed by atoms with van der Waals surface area (Å²) in [7, 11) is 0. The van der Waals surface area contributed by atoms with Gasteiger partial charge in [-0.2, -0.15) is 0 Å². The molecule has 0 heteroatoms. The van der Waals surface area contributed by atoms with E-state index in [-0.39, 0.29) is 0 Å². The molecule has 14 heavy (non-hydrogen) atoms. The highest BCUT2D eigenvalue weighted by Gasteiger charge is 2.34. The molecule has 2 aliphatic carbocycles. The van der Waals surface area contributed by atoms with Crippen LogP contribution in [0.25, 0.3) is 0 Å². The molecule has 2 rings (SSSR count). The van der Waals surface area contributed by atoms with Crippen molar-refractivity contribution in [2.45, 2.75) is 40.0 Å². The van der Waals surface area contributed by atoms with Crippen LogP contribution in [0.2, 0.25) is 0 Å². The van der Waals surface area contributed by atoms with E-state index in [1.54, 1.807) is 0 Å². The third-order valence-electron chi connectivity index (χ3n) is 4.01. The summed E-state index contributed by atoms with van der Waals surface area (Å²) in [6, 6.07) is 0. The van der Waals surface area contributed by atoms with Crippen molar-refractivity contribution in [2.75, 3.05) is 0 Å². The van der Waals surface area contributed by atoms with Crippen LogP contribution in [-0.2, 0) is 0 Å². The van der Waals surface area contributed by atoms with Gasteiger partial charge in [0.25, 0.3) is 0 Å². The molecule has 0 heterocycles. The van der Waals surface area contributed by atoms with E-state index >= 15 is 0 Å². The monoisotopic (exact) mass is 190 g/mol. The number of allylic oxidation sites excluding steroid dienone is 4. The molecule has 0 bridgehead atoms. The van der Waals surface area contributed by atoms with Crippen LogP contribution in [0, 0.1) is 23.2 Å². The van der Waals surface area contributed by atoms with Crippen LogP contribution in [-0.4, -0.2) is 0 Å². The van der Waals surface area contributed by atoms with Crippen molar-refractivity contribution in [3.05, 3.63) is 24.3 Å². The fraction of sp³-hybridized carbons (Fsp3) is 0.714. The van der Waals surface area contributed by atoms with Gasteiger partial charge in [-0.05, 0) is 42.4 Å². The molecule has 1 saturated carbocycles. The lowest BCUT2D eigenvalue weighted by molar-refractivity contribution is 0.134. The fourth-order valence-corrected chi connectivity index (χ4v) is 2.89. The molecule has 0 aliphatic heterocycles. The van der Waals surface area contributed by atoms with Gasteiger partial charge in [0.1, 0.15) is 0 Å². The van der Waals surface area contributed by atoms with Crippen LogP contribution >= 0.6 is 0 Å². The van der Waals surface area contributed by atoms with Crippen LogP contribution in [0.1, 0.15) is 40.0 Å². The first kappa shape index (κ1) is 10.0. The molecular formula is C14H22.